The van der Waals surface area contributed by atoms with Crippen LogP contribution in [0.5, 0.6) is 0 Å². The third-order valence-electron chi connectivity index (χ3n) is 3.03. The summed E-state index contributed by atoms with van der Waals surface area (Å²) in [6, 6.07) is 1.37. The van der Waals surface area contributed by atoms with Gasteiger partial charge in [0.1, 0.15) is 0 Å². The first-order valence-corrected chi connectivity index (χ1v) is 6.95. The van der Waals surface area contributed by atoms with Gasteiger partial charge in [0.2, 0.25) is 0 Å². The zero-order chi connectivity index (χ0) is 12.6. The SMILES string of the molecule is CCNCCCC(C)N(CC(C)C)C(C)C. The second-order valence-electron chi connectivity index (χ2n) is 5.53. The molecule has 1 atom stereocenters. The van der Waals surface area contributed by atoms with E-state index in [4.69, 9.17) is 0 Å². The Labute approximate surface area is 103 Å². The van der Waals surface area contributed by atoms with Gasteiger partial charge < -0.3 is 5.32 Å². The van der Waals surface area contributed by atoms with E-state index in [0.29, 0.717) is 12.1 Å². The van der Waals surface area contributed by atoms with E-state index in [1.165, 1.54) is 19.4 Å². The lowest BCUT2D eigenvalue weighted by Crippen LogP contribution is -2.41. The highest BCUT2D eigenvalue weighted by molar-refractivity contribution is 4.72. The van der Waals surface area contributed by atoms with Gasteiger partial charge in [0.05, 0.1) is 0 Å². The van der Waals surface area contributed by atoms with Crippen LogP contribution < -0.4 is 5.32 Å². The van der Waals surface area contributed by atoms with Gasteiger partial charge in [0.15, 0.2) is 0 Å². The number of nitrogens with zero attached hydrogens (tertiary/aromatic N) is 1. The van der Waals surface area contributed by atoms with Crippen LogP contribution in [0.25, 0.3) is 0 Å². The van der Waals surface area contributed by atoms with Crippen molar-refractivity contribution in [2.45, 2.75) is 66.5 Å². The summed E-state index contributed by atoms with van der Waals surface area (Å²) in [4.78, 5) is 2.64. The van der Waals surface area contributed by atoms with Crippen molar-refractivity contribution in [3.05, 3.63) is 0 Å². The Morgan fingerprint density at radius 3 is 2.12 bits per heavy atom. The monoisotopic (exact) mass is 228 g/mol. The molecule has 0 amide bonds. The maximum Gasteiger partial charge on any atom is 0.00702 e. The summed E-state index contributed by atoms with van der Waals surface area (Å²) in [5, 5.41) is 3.39. The highest BCUT2D eigenvalue weighted by Crippen LogP contribution is 2.13. The lowest BCUT2D eigenvalue weighted by Gasteiger charge is -2.34. The van der Waals surface area contributed by atoms with Gasteiger partial charge in [-0.05, 0) is 52.6 Å². The average molecular weight is 228 g/mol. The molecule has 0 aromatic carbocycles. The molecule has 0 saturated carbocycles. The fourth-order valence-corrected chi connectivity index (χ4v) is 2.19. The first-order chi connectivity index (χ1) is 7.49. The molecule has 0 aromatic heterocycles. The molecular weight excluding hydrogens is 196 g/mol. The smallest absolute Gasteiger partial charge is 0.00702 e. The van der Waals surface area contributed by atoms with E-state index in [2.05, 4.69) is 51.8 Å². The molecule has 2 nitrogen and oxygen atoms in total. The van der Waals surface area contributed by atoms with Crippen LogP contribution in [0.3, 0.4) is 0 Å². The zero-order valence-electron chi connectivity index (χ0n) is 12.2. The molecule has 0 aliphatic heterocycles. The highest BCUT2D eigenvalue weighted by atomic mass is 15.2. The molecule has 0 aliphatic rings. The second-order valence-corrected chi connectivity index (χ2v) is 5.53. The minimum absolute atomic E-state index is 0.663. The molecular formula is C14H32N2. The summed E-state index contributed by atoms with van der Waals surface area (Å²) in [6.45, 7) is 17.2. The van der Waals surface area contributed by atoms with Crippen LogP contribution in [-0.4, -0.2) is 36.6 Å². The molecule has 98 valence electrons. The third kappa shape index (κ3) is 7.24. The van der Waals surface area contributed by atoms with Crippen LogP contribution in [0, 0.1) is 5.92 Å². The zero-order valence-corrected chi connectivity index (χ0v) is 12.2. The fourth-order valence-electron chi connectivity index (χ4n) is 2.19. The first-order valence-electron chi connectivity index (χ1n) is 6.95. The predicted molar refractivity (Wildman–Crippen MR) is 73.9 cm³/mol. The molecule has 0 rings (SSSR count). The van der Waals surface area contributed by atoms with Gasteiger partial charge in [0, 0.05) is 18.6 Å². The lowest BCUT2D eigenvalue weighted by atomic mass is 10.1. The summed E-state index contributed by atoms with van der Waals surface area (Å²) in [5.74, 6) is 0.763. The van der Waals surface area contributed by atoms with Crippen molar-refractivity contribution in [3.63, 3.8) is 0 Å². The molecule has 0 bridgehead atoms. The average Bonchev–Trinajstić information content (AvgIpc) is 2.20. The minimum Gasteiger partial charge on any atom is -0.317 e. The molecule has 0 aromatic rings. The van der Waals surface area contributed by atoms with E-state index in [1.54, 1.807) is 0 Å². The van der Waals surface area contributed by atoms with Crippen molar-refractivity contribution in [2.75, 3.05) is 19.6 Å². The summed E-state index contributed by atoms with van der Waals surface area (Å²) in [7, 11) is 0. The molecule has 0 aliphatic carbocycles. The second kappa shape index (κ2) is 9.00. The Morgan fingerprint density at radius 1 is 1.06 bits per heavy atom. The summed E-state index contributed by atoms with van der Waals surface area (Å²) in [5.41, 5.74) is 0. The fraction of sp³-hybridized carbons (Fsp3) is 1.00. The standard InChI is InChI=1S/C14H32N2/c1-7-15-10-8-9-14(6)16(13(4)5)11-12(2)3/h12-15H,7-11H2,1-6H3. The Hall–Kier alpha value is -0.0800. The molecule has 16 heavy (non-hydrogen) atoms. The largest absolute Gasteiger partial charge is 0.317 e. The van der Waals surface area contributed by atoms with Gasteiger partial charge in [-0.1, -0.05) is 20.8 Å². The van der Waals surface area contributed by atoms with Crippen LogP contribution in [-0.2, 0) is 0 Å². The third-order valence-corrected chi connectivity index (χ3v) is 3.03. The van der Waals surface area contributed by atoms with Crippen molar-refractivity contribution in [3.8, 4) is 0 Å². The molecule has 0 saturated heterocycles. The van der Waals surface area contributed by atoms with E-state index in [1.807, 2.05) is 0 Å². The molecule has 0 spiro atoms. The molecule has 1 unspecified atom stereocenters. The van der Waals surface area contributed by atoms with E-state index >= 15 is 0 Å². The maximum absolute atomic E-state index is 3.39. The van der Waals surface area contributed by atoms with Gasteiger partial charge in [0.25, 0.3) is 0 Å². The predicted octanol–water partition coefficient (Wildman–Crippen LogP) is 3.13. The van der Waals surface area contributed by atoms with Gasteiger partial charge in [-0.15, -0.1) is 0 Å². The Balaban J connectivity index is 3.92. The van der Waals surface area contributed by atoms with Crippen LogP contribution in [0.2, 0.25) is 0 Å². The van der Waals surface area contributed by atoms with Gasteiger partial charge in [-0.3, -0.25) is 4.90 Å². The normalized spacial score (nSPS) is 14.1. The molecule has 1 N–H and O–H groups in total. The van der Waals surface area contributed by atoms with Crippen LogP contribution in [0.4, 0.5) is 0 Å². The molecule has 2 heteroatoms. The Kier molecular flexibility index (Phi) is 8.96. The van der Waals surface area contributed by atoms with Crippen LogP contribution in [0.1, 0.15) is 54.4 Å². The van der Waals surface area contributed by atoms with Crippen molar-refractivity contribution >= 4 is 0 Å². The van der Waals surface area contributed by atoms with Crippen LogP contribution >= 0.6 is 0 Å². The maximum atomic E-state index is 3.39. The molecule has 0 radical (unpaired) electrons. The van der Waals surface area contributed by atoms with Crippen molar-refractivity contribution < 1.29 is 0 Å². The summed E-state index contributed by atoms with van der Waals surface area (Å²) in [6.07, 6.45) is 2.59. The van der Waals surface area contributed by atoms with E-state index in [-0.39, 0.29) is 0 Å². The topological polar surface area (TPSA) is 15.3 Å². The van der Waals surface area contributed by atoms with Crippen molar-refractivity contribution in [1.29, 1.82) is 0 Å². The Morgan fingerprint density at radius 2 is 1.69 bits per heavy atom. The Bertz CT molecular complexity index is 155. The van der Waals surface area contributed by atoms with E-state index in [0.717, 1.165) is 19.0 Å². The van der Waals surface area contributed by atoms with E-state index in [9.17, 15) is 0 Å². The molecule has 0 heterocycles. The number of hydrogen-bond donors (Lipinski definition) is 1. The molecule has 0 fully saturated rings. The summed E-state index contributed by atoms with van der Waals surface area (Å²) < 4.78 is 0. The van der Waals surface area contributed by atoms with E-state index < -0.39 is 0 Å². The number of hydrogen-bond acceptors (Lipinski definition) is 2. The van der Waals surface area contributed by atoms with Gasteiger partial charge >= 0.3 is 0 Å². The summed E-state index contributed by atoms with van der Waals surface area (Å²) >= 11 is 0. The lowest BCUT2D eigenvalue weighted by molar-refractivity contribution is 0.136. The van der Waals surface area contributed by atoms with Crippen LogP contribution in [0.15, 0.2) is 0 Å². The quantitative estimate of drug-likeness (QED) is 0.610. The number of rotatable bonds is 9. The highest BCUT2D eigenvalue weighted by Gasteiger charge is 2.17. The first kappa shape index (κ1) is 15.9. The number of nitrogens with one attached hydrogen (secondary N) is 1. The van der Waals surface area contributed by atoms with Gasteiger partial charge in [-0.25, -0.2) is 0 Å². The van der Waals surface area contributed by atoms with Gasteiger partial charge in [-0.2, -0.15) is 0 Å². The van der Waals surface area contributed by atoms with Crippen molar-refractivity contribution in [1.82, 2.24) is 10.2 Å². The minimum atomic E-state index is 0.663. The van der Waals surface area contributed by atoms with Crippen molar-refractivity contribution in [2.24, 2.45) is 5.92 Å².